The largest absolute Gasteiger partial charge is 0.375 e. The quantitative estimate of drug-likeness (QED) is 0.690. The summed E-state index contributed by atoms with van der Waals surface area (Å²) in [5.41, 5.74) is 10.5. The number of thiazole rings is 1. The lowest BCUT2D eigenvalue weighted by Crippen LogP contribution is -1.88. The lowest BCUT2D eigenvalue weighted by Gasteiger charge is -2.09. The van der Waals surface area contributed by atoms with E-state index in [0.29, 0.717) is 5.13 Å². The first-order valence-electron chi connectivity index (χ1n) is 6.71. The van der Waals surface area contributed by atoms with E-state index in [4.69, 9.17) is 5.73 Å². The smallest absolute Gasteiger partial charge is 0.180 e. The van der Waals surface area contributed by atoms with Crippen molar-refractivity contribution in [2.45, 2.75) is 17.6 Å². The van der Waals surface area contributed by atoms with Crippen molar-refractivity contribution in [2.75, 3.05) is 5.73 Å². The maximum absolute atomic E-state index is 5.77. The van der Waals surface area contributed by atoms with E-state index in [-0.39, 0.29) is 0 Å². The number of nitrogen functional groups attached to an aromatic ring is 1. The van der Waals surface area contributed by atoms with E-state index in [9.17, 15) is 0 Å². The van der Waals surface area contributed by atoms with Gasteiger partial charge in [-0.15, -0.1) is 23.1 Å². The minimum atomic E-state index is 0.616. The Bertz CT molecular complexity index is 736. The Balaban J connectivity index is 1.88. The van der Waals surface area contributed by atoms with Crippen LogP contribution in [-0.4, -0.2) is 4.98 Å². The lowest BCUT2D eigenvalue weighted by molar-refractivity contribution is 1.31. The van der Waals surface area contributed by atoms with E-state index >= 15 is 0 Å². The number of aromatic nitrogens is 1. The van der Waals surface area contributed by atoms with E-state index < -0.39 is 0 Å². The summed E-state index contributed by atoms with van der Waals surface area (Å²) in [6.07, 6.45) is 0. The minimum absolute atomic E-state index is 0.616. The molecule has 106 valence electrons. The number of benzene rings is 2. The van der Waals surface area contributed by atoms with Gasteiger partial charge in [-0.2, -0.15) is 0 Å². The molecule has 0 aliphatic carbocycles. The predicted molar refractivity (Wildman–Crippen MR) is 92.7 cm³/mol. The number of aryl methyl sites for hydroxylation is 1. The standard InChI is InChI=1S/C17H16N2S2/c1-12-7-8-16(20-10-13-5-3-2-4-6-13)14(9-12)15-11-21-17(18)19-15/h2-9,11H,10H2,1H3,(H2,18,19). The van der Waals surface area contributed by atoms with Gasteiger partial charge in [-0.1, -0.05) is 42.0 Å². The maximum Gasteiger partial charge on any atom is 0.180 e. The van der Waals surface area contributed by atoms with Gasteiger partial charge >= 0.3 is 0 Å². The van der Waals surface area contributed by atoms with Gasteiger partial charge in [-0.3, -0.25) is 0 Å². The number of thioether (sulfide) groups is 1. The predicted octanol–water partition coefficient (Wildman–Crippen LogP) is 4.99. The number of hydrogen-bond donors (Lipinski definition) is 1. The molecule has 21 heavy (non-hydrogen) atoms. The average molecular weight is 312 g/mol. The van der Waals surface area contributed by atoms with Gasteiger partial charge in [0.1, 0.15) is 0 Å². The van der Waals surface area contributed by atoms with E-state index in [1.165, 1.54) is 32.9 Å². The Kier molecular flexibility index (Phi) is 4.27. The molecule has 0 radical (unpaired) electrons. The second kappa shape index (κ2) is 6.33. The molecule has 1 heterocycles. The van der Waals surface area contributed by atoms with E-state index in [1.54, 1.807) is 0 Å². The van der Waals surface area contributed by atoms with Crippen molar-refractivity contribution in [1.29, 1.82) is 0 Å². The first-order chi connectivity index (χ1) is 10.2. The number of hydrogen-bond acceptors (Lipinski definition) is 4. The summed E-state index contributed by atoms with van der Waals surface area (Å²) in [6.45, 7) is 2.10. The molecular weight excluding hydrogens is 296 g/mol. The number of nitrogens with zero attached hydrogens (tertiary/aromatic N) is 1. The molecule has 2 N–H and O–H groups in total. The molecule has 0 unspecified atom stereocenters. The molecule has 0 fully saturated rings. The summed E-state index contributed by atoms with van der Waals surface area (Å²) in [7, 11) is 0. The monoisotopic (exact) mass is 312 g/mol. The second-order valence-corrected chi connectivity index (χ2v) is 6.75. The molecule has 0 saturated carbocycles. The Labute approximate surface area is 133 Å². The van der Waals surface area contributed by atoms with Crippen LogP contribution >= 0.6 is 23.1 Å². The fourth-order valence-corrected chi connectivity index (χ4v) is 3.68. The molecule has 0 spiro atoms. The molecule has 2 aromatic carbocycles. The normalized spacial score (nSPS) is 10.7. The molecule has 1 aromatic heterocycles. The highest BCUT2D eigenvalue weighted by atomic mass is 32.2. The molecule has 4 heteroatoms. The van der Waals surface area contributed by atoms with Crippen LogP contribution in [0.25, 0.3) is 11.3 Å². The van der Waals surface area contributed by atoms with Gasteiger partial charge in [0.05, 0.1) is 5.69 Å². The van der Waals surface area contributed by atoms with Crippen LogP contribution in [0.4, 0.5) is 5.13 Å². The molecule has 3 rings (SSSR count). The molecule has 0 amide bonds. The van der Waals surface area contributed by atoms with Crippen LogP contribution in [0.15, 0.2) is 58.8 Å². The van der Waals surface area contributed by atoms with E-state index in [1.807, 2.05) is 23.2 Å². The Morgan fingerprint density at radius 3 is 2.67 bits per heavy atom. The number of anilines is 1. The Morgan fingerprint density at radius 2 is 1.95 bits per heavy atom. The summed E-state index contributed by atoms with van der Waals surface area (Å²) in [5.74, 6) is 0.955. The maximum atomic E-state index is 5.77. The summed E-state index contributed by atoms with van der Waals surface area (Å²) >= 11 is 3.32. The fourth-order valence-electron chi connectivity index (χ4n) is 2.12. The zero-order valence-electron chi connectivity index (χ0n) is 11.7. The van der Waals surface area contributed by atoms with Crippen molar-refractivity contribution < 1.29 is 0 Å². The zero-order valence-corrected chi connectivity index (χ0v) is 13.4. The van der Waals surface area contributed by atoms with Gasteiger partial charge in [-0.05, 0) is 24.6 Å². The van der Waals surface area contributed by atoms with Crippen molar-refractivity contribution in [3.05, 3.63) is 65.0 Å². The van der Waals surface area contributed by atoms with E-state index in [0.717, 1.165) is 11.4 Å². The third-order valence-corrected chi connectivity index (χ3v) is 4.99. The third kappa shape index (κ3) is 3.46. The van der Waals surface area contributed by atoms with Crippen molar-refractivity contribution in [2.24, 2.45) is 0 Å². The highest BCUT2D eigenvalue weighted by Crippen LogP contribution is 2.35. The van der Waals surface area contributed by atoms with Crippen molar-refractivity contribution in [3.63, 3.8) is 0 Å². The van der Waals surface area contributed by atoms with Crippen LogP contribution in [0.1, 0.15) is 11.1 Å². The van der Waals surface area contributed by atoms with Crippen LogP contribution in [0.2, 0.25) is 0 Å². The molecular formula is C17H16N2S2. The molecule has 0 bridgehead atoms. The molecule has 3 aromatic rings. The van der Waals surface area contributed by atoms with Gasteiger partial charge in [0.15, 0.2) is 5.13 Å². The molecule has 0 aliphatic heterocycles. The number of rotatable bonds is 4. The third-order valence-electron chi connectivity index (χ3n) is 3.17. The van der Waals surface area contributed by atoms with Crippen LogP contribution in [0.5, 0.6) is 0 Å². The molecule has 0 saturated heterocycles. The fraction of sp³-hybridized carbons (Fsp3) is 0.118. The summed E-state index contributed by atoms with van der Waals surface area (Å²) in [6, 6.07) is 17.0. The highest BCUT2D eigenvalue weighted by molar-refractivity contribution is 7.98. The van der Waals surface area contributed by atoms with Gasteiger partial charge in [0, 0.05) is 21.6 Å². The van der Waals surface area contributed by atoms with Gasteiger partial charge in [0.2, 0.25) is 0 Å². The highest BCUT2D eigenvalue weighted by Gasteiger charge is 2.09. The average Bonchev–Trinajstić information content (AvgIpc) is 2.93. The molecule has 0 aliphatic rings. The van der Waals surface area contributed by atoms with Crippen molar-refractivity contribution in [3.8, 4) is 11.3 Å². The summed E-state index contributed by atoms with van der Waals surface area (Å²) < 4.78 is 0. The lowest BCUT2D eigenvalue weighted by atomic mass is 10.1. The van der Waals surface area contributed by atoms with Crippen LogP contribution in [0, 0.1) is 6.92 Å². The van der Waals surface area contributed by atoms with Crippen LogP contribution in [-0.2, 0) is 5.75 Å². The van der Waals surface area contributed by atoms with Crippen LogP contribution < -0.4 is 5.73 Å². The van der Waals surface area contributed by atoms with Crippen molar-refractivity contribution in [1.82, 2.24) is 4.98 Å². The molecule has 0 atom stereocenters. The summed E-state index contributed by atoms with van der Waals surface area (Å²) in [4.78, 5) is 5.67. The van der Waals surface area contributed by atoms with Gasteiger partial charge in [0.25, 0.3) is 0 Å². The Morgan fingerprint density at radius 1 is 1.14 bits per heavy atom. The van der Waals surface area contributed by atoms with Crippen molar-refractivity contribution >= 4 is 28.2 Å². The second-order valence-electron chi connectivity index (χ2n) is 4.84. The van der Waals surface area contributed by atoms with Gasteiger partial charge in [-0.25, -0.2) is 4.98 Å². The first-order valence-corrected chi connectivity index (χ1v) is 8.57. The van der Waals surface area contributed by atoms with Crippen LogP contribution in [0.3, 0.4) is 0 Å². The number of nitrogens with two attached hydrogens (primary N) is 1. The summed E-state index contributed by atoms with van der Waals surface area (Å²) in [5, 5.41) is 2.64. The van der Waals surface area contributed by atoms with E-state index in [2.05, 4.69) is 54.4 Å². The Hall–Kier alpha value is -1.78. The molecule has 2 nitrogen and oxygen atoms in total. The SMILES string of the molecule is Cc1ccc(SCc2ccccc2)c(-c2csc(N)n2)c1. The first kappa shape index (κ1) is 14.2. The topological polar surface area (TPSA) is 38.9 Å². The zero-order chi connectivity index (χ0) is 14.7. The minimum Gasteiger partial charge on any atom is -0.375 e. The van der Waals surface area contributed by atoms with Gasteiger partial charge < -0.3 is 5.73 Å².